The zero-order valence-corrected chi connectivity index (χ0v) is 13.9. The van der Waals surface area contributed by atoms with Gasteiger partial charge in [0.05, 0.1) is 0 Å². The van der Waals surface area contributed by atoms with E-state index < -0.39 is 21.5 Å². The highest BCUT2D eigenvalue weighted by Gasteiger charge is 2.29. The maximum absolute atomic E-state index is 12.1. The quantitative estimate of drug-likeness (QED) is 0.715. The Kier molecular flexibility index (Phi) is 4.65. The van der Waals surface area contributed by atoms with Crippen molar-refractivity contribution in [3.05, 3.63) is 17.9 Å². The molecule has 1 fully saturated rings. The molecule has 1 aromatic heterocycles. The van der Waals surface area contributed by atoms with Gasteiger partial charge in [-0.25, -0.2) is 13.1 Å². The first-order valence-corrected chi connectivity index (χ1v) is 8.74. The second kappa shape index (κ2) is 6.02. The summed E-state index contributed by atoms with van der Waals surface area (Å²) in [4.78, 5) is 11.9. The Bertz CT molecular complexity index is 641. The first kappa shape index (κ1) is 17.0. The number of rotatable bonds is 6. The molecule has 1 saturated carbocycles. The van der Waals surface area contributed by atoms with Gasteiger partial charge in [-0.3, -0.25) is 4.79 Å². The zero-order valence-electron chi connectivity index (χ0n) is 13.0. The summed E-state index contributed by atoms with van der Waals surface area (Å²) in [5.41, 5.74) is 5.26. The molecule has 0 radical (unpaired) electrons. The van der Waals surface area contributed by atoms with Crippen molar-refractivity contribution in [1.29, 1.82) is 0 Å². The predicted octanol–water partition coefficient (Wildman–Crippen LogP) is 0.824. The molecular weight excluding hydrogens is 306 g/mol. The first-order valence-electron chi connectivity index (χ1n) is 7.26. The van der Waals surface area contributed by atoms with Crippen molar-refractivity contribution in [1.82, 2.24) is 10.0 Å². The lowest BCUT2D eigenvalue weighted by Gasteiger charge is -2.19. The van der Waals surface area contributed by atoms with Crippen LogP contribution in [0.3, 0.4) is 0 Å². The molecule has 0 aromatic carbocycles. The molecule has 0 spiro atoms. The fourth-order valence-electron chi connectivity index (χ4n) is 2.03. The molecule has 22 heavy (non-hydrogen) atoms. The largest absolute Gasteiger partial charge is 0.438 e. The van der Waals surface area contributed by atoms with Gasteiger partial charge < -0.3 is 15.5 Å². The number of sulfonamides is 1. The van der Waals surface area contributed by atoms with E-state index in [1.807, 2.05) is 0 Å². The third kappa shape index (κ3) is 4.56. The Balaban J connectivity index is 1.99. The van der Waals surface area contributed by atoms with E-state index in [-0.39, 0.29) is 16.9 Å². The predicted molar refractivity (Wildman–Crippen MR) is 81.8 cm³/mol. The maximum Gasteiger partial charge on any atom is 0.287 e. The second-order valence-electron chi connectivity index (χ2n) is 6.69. The summed E-state index contributed by atoms with van der Waals surface area (Å²) < 4.78 is 31.8. The lowest BCUT2D eigenvalue weighted by molar-refractivity contribution is 0.0917. The summed E-state index contributed by atoms with van der Waals surface area (Å²) in [6.45, 7) is 5.52. The standard InChI is InChI=1S/C14H23N3O4S/c1-14(2,3)17-22(19,20)12-7-6-11(21-12)13(18)16-8-10(15)9-4-5-9/h6-7,9-10,17H,4-5,8,15H2,1-3H3,(H,16,18). The summed E-state index contributed by atoms with van der Waals surface area (Å²) in [7, 11) is -3.79. The Morgan fingerprint density at radius 2 is 2.05 bits per heavy atom. The zero-order chi connectivity index (χ0) is 16.5. The third-order valence-corrected chi connectivity index (χ3v) is 4.87. The maximum atomic E-state index is 12.1. The van der Waals surface area contributed by atoms with Gasteiger partial charge >= 0.3 is 0 Å². The van der Waals surface area contributed by atoms with Crippen molar-refractivity contribution in [2.75, 3.05) is 6.54 Å². The third-order valence-electron chi connectivity index (χ3n) is 3.24. The van der Waals surface area contributed by atoms with Crippen LogP contribution in [0.2, 0.25) is 0 Å². The van der Waals surface area contributed by atoms with Gasteiger partial charge in [-0.2, -0.15) is 0 Å². The molecule has 0 saturated heterocycles. The van der Waals surface area contributed by atoms with Gasteiger partial charge in [-0.15, -0.1) is 0 Å². The van der Waals surface area contributed by atoms with E-state index >= 15 is 0 Å². The number of amides is 1. The molecule has 8 heteroatoms. The Morgan fingerprint density at radius 1 is 1.41 bits per heavy atom. The van der Waals surface area contributed by atoms with Crippen LogP contribution in [0.15, 0.2) is 21.6 Å². The highest BCUT2D eigenvalue weighted by molar-refractivity contribution is 7.89. The highest BCUT2D eigenvalue weighted by atomic mass is 32.2. The summed E-state index contributed by atoms with van der Waals surface area (Å²) in [5, 5.41) is 2.38. The molecule has 1 aliphatic carbocycles. The van der Waals surface area contributed by atoms with Gasteiger partial charge in [0, 0.05) is 18.1 Å². The molecule has 2 rings (SSSR count). The molecule has 1 amide bonds. The van der Waals surface area contributed by atoms with E-state index in [1.54, 1.807) is 20.8 Å². The highest BCUT2D eigenvalue weighted by Crippen LogP contribution is 2.31. The van der Waals surface area contributed by atoms with Gasteiger partial charge in [0.2, 0.25) is 5.09 Å². The van der Waals surface area contributed by atoms with Gasteiger partial charge in [0.15, 0.2) is 5.76 Å². The number of hydrogen-bond acceptors (Lipinski definition) is 5. The second-order valence-corrected chi connectivity index (χ2v) is 8.30. The number of nitrogens with one attached hydrogen (secondary N) is 2. The van der Waals surface area contributed by atoms with Crippen molar-refractivity contribution < 1.29 is 17.6 Å². The minimum absolute atomic E-state index is 0.0442. The summed E-state index contributed by atoms with van der Waals surface area (Å²) >= 11 is 0. The Hall–Kier alpha value is -1.38. The van der Waals surface area contributed by atoms with Crippen molar-refractivity contribution in [2.45, 2.75) is 50.3 Å². The van der Waals surface area contributed by atoms with Crippen LogP contribution < -0.4 is 15.8 Å². The van der Waals surface area contributed by atoms with E-state index in [0.717, 1.165) is 12.8 Å². The van der Waals surface area contributed by atoms with E-state index in [1.165, 1.54) is 12.1 Å². The molecule has 1 aromatic rings. The van der Waals surface area contributed by atoms with Crippen LogP contribution in [0.1, 0.15) is 44.2 Å². The lowest BCUT2D eigenvalue weighted by atomic mass is 10.1. The average Bonchev–Trinajstić information content (AvgIpc) is 3.09. The van der Waals surface area contributed by atoms with Gasteiger partial charge in [0.25, 0.3) is 15.9 Å². The number of furan rings is 1. The molecule has 0 bridgehead atoms. The smallest absolute Gasteiger partial charge is 0.287 e. The van der Waals surface area contributed by atoms with Crippen molar-refractivity contribution in [3.63, 3.8) is 0 Å². The van der Waals surface area contributed by atoms with Gasteiger partial charge in [0.1, 0.15) is 0 Å². The monoisotopic (exact) mass is 329 g/mol. The van der Waals surface area contributed by atoms with Crippen molar-refractivity contribution >= 4 is 15.9 Å². The SMILES string of the molecule is CC(C)(C)NS(=O)(=O)c1ccc(C(=O)NCC(N)C2CC2)o1. The van der Waals surface area contributed by atoms with Crippen LogP contribution in [0.25, 0.3) is 0 Å². The van der Waals surface area contributed by atoms with E-state index in [0.29, 0.717) is 12.5 Å². The van der Waals surface area contributed by atoms with Crippen LogP contribution >= 0.6 is 0 Å². The minimum Gasteiger partial charge on any atom is -0.438 e. The molecule has 4 N–H and O–H groups in total. The summed E-state index contributed by atoms with van der Waals surface area (Å²) in [6, 6.07) is 2.55. The lowest BCUT2D eigenvalue weighted by Crippen LogP contribution is -2.40. The Morgan fingerprint density at radius 3 is 2.59 bits per heavy atom. The fraction of sp³-hybridized carbons (Fsp3) is 0.643. The van der Waals surface area contributed by atoms with Crippen molar-refractivity contribution in [3.8, 4) is 0 Å². The van der Waals surface area contributed by atoms with E-state index in [4.69, 9.17) is 10.2 Å². The van der Waals surface area contributed by atoms with Crippen LogP contribution in [0, 0.1) is 5.92 Å². The minimum atomic E-state index is -3.79. The molecule has 0 aliphatic heterocycles. The first-order chi connectivity index (χ1) is 10.1. The molecule has 7 nitrogen and oxygen atoms in total. The molecule has 1 unspecified atom stereocenters. The van der Waals surface area contributed by atoms with Crippen LogP contribution in [0.5, 0.6) is 0 Å². The normalized spacial score (nSPS) is 17.3. The topological polar surface area (TPSA) is 114 Å². The van der Waals surface area contributed by atoms with Crippen LogP contribution in [-0.4, -0.2) is 32.5 Å². The van der Waals surface area contributed by atoms with Crippen LogP contribution in [0.4, 0.5) is 0 Å². The summed E-state index contributed by atoms with van der Waals surface area (Å²) in [6.07, 6.45) is 2.19. The Labute approximate surface area is 130 Å². The van der Waals surface area contributed by atoms with Gasteiger partial charge in [-0.1, -0.05) is 0 Å². The van der Waals surface area contributed by atoms with E-state index in [9.17, 15) is 13.2 Å². The molecule has 1 atom stereocenters. The molecule has 1 heterocycles. The number of nitrogens with two attached hydrogens (primary N) is 1. The van der Waals surface area contributed by atoms with E-state index in [2.05, 4.69) is 10.0 Å². The number of hydrogen-bond donors (Lipinski definition) is 3. The fourth-order valence-corrected chi connectivity index (χ4v) is 3.38. The molecule has 1 aliphatic rings. The summed E-state index contributed by atoms with van der Waals surface area (Å²) in [5.74, 6) is -0.0329. The number of carbonyl (C=O) groups is 1. The van der Waals surface area contributed by atoms with Gasteiger partial charge in [-0.05, 0) is 51.7 Å². The van der Waals surface area contributed by atoms with Crippen LogP contribution in [-0.2, 0) is 10.0 Å². The number of carbonyl (C=O) groups excluding carboxylic acids is 1. The van der Waals surface area contributed by atoms with Crippen molar-refractivity contribution in [2.24, 2.45) is 11.7 Å². The molecule has 124 valence electrons. The average molecular weight is 329 g/mol. The molecular formula is C14H23N3O4S.